The van der Waals surface area contributed by atoms with Crippen LogP contribution < -0.4 is 0 Å². The first kappa shape index (κ1) is 10.5. The molecule has 1 aliphatic heterocycles. The number of hydrogen-bond donors (Lipinski definition) is 0. The summed E-state index contributed by atoms with van der Waals surface area (Å²) < 4.78 is 9.42. The van der Waals surface area contributed by atoms with Crippen molar-refractivity contribution in [3.63, 3.8) is 0 Å². The van der Waals surface area contributed by atoms with E-state index in [1.165, 1.54) is 0 Å². The van der Waals surface area contributed by atoms with Crippen LogP contribution in [0.4, 0.5) is 0 Å². The van der Waals surface area contributed by atoms with E-state index < -0.39 is 0 Å². The summed E-state index contributed by atoms with van der Waals surface area (Å²) in [6.45, 7) is 4.23. The minimum absolute atomic E-state index is 0.717. The van der Waals surface area contributed by atoms with Gasteiger partial charge in [-0.05, 0) is 13.0 Å². The zero-order chi connectivity index (χ0) is 11.8. The topological polar surface area (TPSA) is 57.8 Å². The van der Waals surface area contributed by atoms with E-state index in [2.05, 4.69) is 19.9 Å². The lowest BCUT2D eigenvalue weighted by Crippen LogP contribution is -2.07. The Morgan fingerprint density at radius 2 is 2.18 bits per heavy atom. The Morgan fingerprint density at radius 1 is 1.29 bits per heavy atom. The number of aryl methyl sites for hydroxylation is 2. The Labute approximate surface area is 99.2 Å². The first-order valence-electron chi connectivity index (χ1n) is 5.76. The summed E-state index contributed by atoms with van der Waals surface area (Å²) in [5.41, 5.74) is 1.99. The van der Waals surface area contributed by atoms with Crippen molar-refractivity contribution in [3.8, 4) is 11.5 Å². The van der Waals surface area contributed by atoms with Crippen LogP contribution >= 0.6 is 0 Å². The highest BCUT2D eigenvalue weighted by Crippen LogP contribution is 2.20. The molecule has 0 amide bonds. The summed E-state index contributed by atoms with van der Waals surface area (Å²) in [7, 11) is 1.93. The first-order chi connectivity index (χ1) is 8.25. The van der Waals surface area contributed by atoms with Gasteiger partial charge < -0.3 is 9.30 Å². The van der Waals surface area contributed by atoms with E-state index in [1.54, 1.807) is 0 Å². The van der Waals surface area contributed by atoms with Gasteiger partial charge in [0.05, 0.1) is 18.9 Å². The molecule has 0 fully saturated rings. The fraction of sp³-hybridized carbons (Fsp3) is 0.545. The van der Waals surface area contributed by atoms with Crippen LogP contribution in [0, 0.1) is 6.92 Å². The highest BCUT2D eigenvalue weighted by atomic mass is 16.5. The number of aromatic nitrogens is 5. The van der Waals surface area contributed by atoms with E-state index in [0.29, 0.717) is 0 Å². The Bertz CT molecular complexity index is 542. The summed E-state index contributed by atoms with van der Waals surface area (Å²) in [5, 5.41) is 12.9. The zero-order valence-corrected chi connectivity index (χ0v) is 10.1. The second-order valence-electron chi connectivity index (χ2n) is 4.25. The molecule has 6 heteroatoms. The fourth-order valence-electron chi connectivity index (χ4n) is 2.19. The molecule has 2 aromatic heterocycles. The molecule has 2 aromatic rings. The molecular formula is C11H15N5O. The predicted octanol–water partition coefficient (Wildman–Crippen LogP) is 0.560. The molecule has 0 saturated carbocycles. The van der Waals surface area contributed by atoms with Gasteiger partial charge in [-0.2, -0.15) is 5.10 Å². The van der Waals surface area contributed by atoms with Crippen molar-refractivity contribution in [2.75, 3.05) is 13.2 Å². The number of hydrogen-bond acceptors (Lipinski definition) is 4. The quantitative estimate of drug-likeness (QED) is 0.722. The Hall–Kier alpha value is -1.69. The fourth-order valence-corrected chi connectivity index (χ4v) is 2.19. The average Bonchev–Trinajstić information content (AvgIpc) is 2.74. The van der Waals surface area contributed by atoms with Gasteiger partial charge >= 0.3 is 0 Å². The van der Waals surface area contributed by atoms with Gasteiger partial charge in [0.25, 0.3) is 0 Å². The third-order valence-corrected chi connectivity index (χ3v) is 2.99. The lowest BCUT2D eigenvalue weighted by atomic mass is 10.3. The zero-order valence-electron chi connectivity index (χ0n) is 10.1. The van der Waals surface area contributed by atoms with Gasteiger partial charge in [-0.1, -0.05) is 0 Å². The van der Waals surface area contributed by atoms with Crippen LogP contribution in [-0.2, 0) is 24.8 Å². The molecular weight excluding hydrogens is 218 g/mol. The van der Waals surface area contributed by atoms with Gasteiger partial charge in [-0.15, -0.1) is 10.2 Å². The maximum atomic E-state index is 5.45. The molecule has 1 aliphatic rings. The first-order valence-corrected chi connectivity index (χ1v) is 5.76. The van der Waals surface area contributed by atoms with Crippen molar-refractivity contribution in [1.82, 2.24) is 24.5 Å². The van der Waals surface area contributed by atoms with E-state index in [1.807, 2.05) is 24.7 Å². The summed E-state index contributed by atoms with van der Waals surface area (Å²) in [6.07, 6.45) is 0.823. The molecule has 0 atom stereocenters. The van der Waals surface area contributed by atoms with E-state index in [4.69, 9.17) is 4.74 Å². The van der Waals surface area contributed by atoms with Crippen molar-refractivity contribution in [3.05, 3.63) is 17.6 Å². The van der Waals surface area contributed by atoms with E-state index in [0.717, 1.165) is 49.2 Å². The SMILES string of the molecule is Cc1cc(-c2nnc3n2CCOCC3)n(C)n1. The molecule has 17 heavy (non-hydrogen) atoms. The molecule has 0 spiro atoms. The van der Waals surface area contributed by atoms with Crippen LogP contribution in [0.25, 0.3) is 11.5 Å². The molecule has 0 N–H and O–H groups in total. The van der Waals surface area contributed by atoms with E-state index >= 15 is 0 Å². The molecule has 0 aromatic carbocycles. The molecule has 6 nitrogen and oxygen atoms in total. The number of nitrogens with zero attached hydrogens (tertiary/aromatic N) is 5. The molecule has 3 heterocycles. The smallest absolute Gasteiger partial charge is 0.182 e. The number of ether oxygens (including phenoxy) is 1. The minimum atomic E-state index is 0.717. The van der Waals surface area contributed by atoms with Crippen LogP contribution in [-0.4, -0.2) is 37.8 Å². The largest absolute Gasteiger partial charge is 0.379 e. The van der Waals surface area contributed by atoms with Gasteiger partial charge in [-0.25, -0.2) is 0 Å². The minimum Gasteiger partial charge on any atom is -0.379 e. The van der Waals surface area contributed by atoms with Crippen molar-refractivity contribution < 1.29 is 4.74 Å². The predicted molar refractivity (Wildman–Crippen MR) is 61.5 cm³/mol. The van der Waals surface area contributed by atoms with Gasteiger partial charge in [0.1, 0.15) is 11.5 Å². The van der Waals surface area contributed by atoms with Gasteiger partial charge in [0.15, 0.2) is 5.82 Å². The lowest BCUT2D eigenvalue weighted by Gasteiger charge is -2.05. The standard InChI is InChI=1S/C11H15N5O/c1-8-7-9(15(2)14-8)11-13-12-10-3-5-17-6-4-16(10)11/h7H,3-6H2,1-2H3. The van der Waals surface area contributed by atoms with E-state index in [-0.39, 0.29) is 0 Å². The summed E-state index contributed by atoms with van der Waals surface area (Å²) in [6, 6.07) is 2.03. The maximum absolute atomic E-state index is 5.45. The van der Waals surface area contributed by atoms with Crippen molar-refractivity contribution in [2.24, 2.45) is 7.05 Å². The second-order valence-corrected chi connectivity index (χ2v) is 4.25. The molecule has 90 valence electrons. The average molecular weight is 233 g/mol. The van der Waals surface area contributed by atoms with Gasteiger partial charge in [-0.3, -0.25) is 4.68 Å². The van der Waals surface area contributed by atoms with E-state index in [9.17, 15) is 0 Å². The molecule has 0 unspecified atom stereocenters. The highest BCUT2D eigenvalue weighted by molar-refractivity contribution is 5.50. The summed E-state index contributed by atoms with van der Waals surface area (Å²) >= 11 is 0. The Kier molecular flexibility index (Phi) is 2.44. The van der Waals surface area contributed by atoms with Crippen LogP contribution in [0.1, 0.15) is 11.5 Å². The third kappa shape index (κ3) is 1.74. The second kappa shape index (κ2) is 3.96. The van der Waals surface area contributed by atoms with Gasteiger partial charge in [0.2, 0.25) is 0 Å². The summed E-state index contributed by atoms with van der Waals surface area (Å²) in [5.74, 6) is 1.88. The highest BCUT2D eigenvalue weighted by Gasteiger charge is 2.18. The lowest BCUT2D eigenvalue weighted by molar-refractivity contribution is 0.140. The Morgan fingerprint density at radius 3 is 2.94 bits per heavy atom. The Balaban J connectivity index is 2.09. The molecule has 3 rings (SSSR count). The third-order valence-electron chi connectivity index (χ3n) is 2.99. The van der Waals surface area contributed by atoms with Crippen LogP contribution in [0.15, 0.2) is 6.07 Å². The van der Waals surface area contributed by atoms with Crippen LogP contribution in [0.3, 0.4) is 0 Å². The van der Waals surface area contributed by atoms with Crippen LogP contribution in [0.5, 0.6) is 0 Å². The monoisotopic (exact) mass is 233 g/mol. The van der Waals surface area contributed by atoms with Crippen molar-refractivity contribution >= 4 is 0 Å². The number of fused-ring (bicyclic) bond motifs is 1. The molecule has 0 radical (unpaired) electrons. The molecule has 0 bridgehead atoms. The van der Waals surface area contributed by atoms with Crippen LogP contribution in [0.2, 0.25) is 0 Å². The van der Waals surface area contributed by atoms with Gasteiger partial charge in [0, 0.05) is 20.0 Å². The van der Waals surface area contributed by atoms with Crippen molar-refractivity contribution in [1.29, 1.82) is 0 Å². The molecule has 0 saturated heterocycles. The summed E-state index contributed by atoms with van der Waals surface area (Å²) in [4.78, 5) is 0. The number of rotatable bonds is 1. The molecule has 0 aliphatic carbocycles. The van der Waals surface area contributed by atoms with Crippen molar-refractivity contribution in [2.45, 2.75) is 19.9 Å². The normalized spacial score (nSPS) is 15.6. The maximum Gasteiger partial charge on any atom is 0.182 e.